The van der Waals surface area contributed by atoms with Crippen molar-refractivity contribution in [3.63, 3.8) is 0 Å². The molecule has 0 aromatic carbocycles. The zero-order valence-corrected chi connectivity index (χ0v) is 8.12. The molecule has 1 unspecified atom stereocenters. The third-order valence-corrected chi connectivity index (χ3v) is 2.49. The summed E-state index contributed by atoms with van der Waals surface area (Å²) in [5.74, 6) is -0.724. The minimum atomic E-state index is -0.724. The minimum absolute atomic E-state index is 0.225. The third kappa shape index (κ3) is 3.74. The van der Waals surface area contributed by atoms with Crippen LogP contribution in [0.4, 0.5) is 0 Å². The van der Waals surface area contributed by atoms with Gasteiger partial charge in [-0.05, 0) is 19.5 Å². The van der Waals surface area contributed by atoms with E-state index in [9.17, 15) is 4.79 Å². The van der Waals surface area contributed by atoms with Crippen molar-refractivity contribution in [2.24, 2.45) is 0 Å². The maximum Gasteiger partial charge on any atom is 0.304 e. The fourth-order valence-electron chi connectivity index (χ4n) is 1.67. The summed E-state index contributed by atoms with van der Waals surface area (Å²) >= 11 is 0. The Bertz CT molecular complexity index is 173. The molecule has 1 rings (SSSR count). The summed E-state index contributed by atoms with van der Waals surface area (Å²) in [6.45, 7) is 6.05. The highest BCUT2D eigenvalue weighted by atomic mass is 16.4. The van der Waals surface area contributed by atoms with Gasteiger partial charge in [0.2, 0.25) is 0 Å². The van der Waals surface area contributed by atoms with E-state index in [2.05, 4.69) is 17.1 Å². The highest BCUT2D eigenvalue weighted by molar-refractivity contribution is 5.66. The van der Waals surface area contributed by atoms with Gasteiger partial charge in [0, 0.05) is 19.1 Å². The molecule has 13 heavy (non-hydrogen) atoms. The lowest BCUT2D eigenvalue weighted by atomic mass is 10.2. The summed E-state index contributed by atoms with van der Waals surface area (Å²) < 4.78 is 0. The number of carboxylic acids is 1. The molecule has 0 saturated carbocycles. The molecule has 0 amide bonds. The van der Waals surface area contributed by atoms with Crippen molar-refractivity contribution < 1.29 is 9.90 Å². The SMILES string of the molecule is CCN1CCC(NCCC(=O)O)C1. The average molecular weight is 186 g/mol. The Morgan fingerprint density at radius 3 is 3.00 bits per heavy atom. The molecule has 0 aromatic rings. The molecule has 1 heterocycles. The van der Waals surface area contributed by atoms with Gasteiger partial charge in [0.25, 0.3) is 0 Å². The van der Waals surface area contributed by atoms with E-state index in [1.54, 1.807) is 0 Å². The summed E-state index contributed by atoms with van der Waals surface area (Å²) in [6.07, 6.45) is 1.37. The predicted octanol–water partition coefficient (Wildman–Crippen LogP) is 0.145. The van der Waals surface area contributed by atoms with Crippen LogP contribution >= 0.6 is 0 Å². The standard InChI is InChI=1S/C9H18N2O2/c1-2-11-6-4-8(7-11)10-5-3-9(12)13/h8,10H,2-7H2,1H3,(H,12,13). The Hall–Kier alpha value is -0.610. The van der Waals surface area contributed by atoms with Crippen LogP contribution in [0.1, 0.15) is 19.8 Å². The molecule has 1 atom stereocenters. The first-order valence-electron chi connectivity index (χ1n) is 4.90. The van der Waals surface area contributed by atoms with E-state index in [0.717, 1.165) is 26.1 Å². The molecule has 0 aromatic heterocycles. The van der Waals surface area contributed by atoms with Gasteiger partial charge in [-0.2, -0.15) is 0 Å². The second-order valence-electron chi connectivity index (χ2n) is 3.48. The van der Waals surface area contributed by atoms with Crippen LogP contribution in [0.5, 0.6) is 0 Å². The van der Waals surface area contributed by atoms with Crippen molar-refractivity contribution >= 4 is 5.97 Å². The Balaban J connectivity index is 2.07. The normalized spacial score (nSPS) is 23.6. The Morgan fingerprint density at radius 1 is 1.69 bits per heavy atom. The smallest absolute Gasteiger partial charge is 0.304 e. The second kappa shape index (κ2) is 5.19. The van der Waals surface area contributed by atoms with E-state index < -0.39 is 5.97 Å². The number of likely N-dealkylation sites (N-methyl/N-ethyl adjacent to an activating group) is 1. The fourth-order valence-corrected chi connectivity index (χ4v) is 1.67. The summed E-state index contributed by atoms with van der Waals surface area (Å²) in [4.78, 5) is 12.6. The molecule has 0 bridgehead atoms. The highest BCUT2D eigenvalue weighted by Crippen LogP contribution is 2.07. The molecular weight excluding hydrogens is 168 g/mol. The van der Waals surface area contributed by atoms with Gasteiger partial charge in [0.05, 0.1) is 6.42 Å². The van der Waals surface area contributed by atoms with Gasteiger partial charge < -0.3 is 15.3 Å². The lowest BCUT2D eigenvalue weighted by molar-refractivity contribution is -0.136. The maximum atomic E-state index is 10.2. The van der Waals surface area contributed by atoms with Gasteiger partial charge in [0.1, 0.15) is 0 Å². The summed E-state index contributed by atoms with van der Waals surface area (Å²) in [6, 6.07) is 0.499. The average Bonchev–Trinajstić information content (AvgIpc) is 2.52. The lowest BCUT2D eigenvalue weighted by Crippen LogP contribution is -2.33. The first kappa shape index (κ1) is 10.5. The van der Waals surface area contributed by atoms with E-state index in [0.29, 0.717) is 12.6 Å². The third-order valence-electron chi connectivity index (χ3n) is 2.49. The molecule has 1 aliphatic heterocycles. The number of carboxylic acid groups (broad SMARTS) is 1. The number of nitrogens with zero attached hydrogens (tertiary/aromatic N) is 1. The number of rotatable bonds is 5. The zero-order chi connectivity index (χ0) is 9.68. The van der Waals surface area contributed by atoms with Gasteiger partial charge in [0.15, 0.2) is 0 Å². The van der Waals surface area contributed by atoms with Crippen molar-refractivity contribution in [2.45, 2.75) is 25.8 Å². The molecule has 4 heteroatoms. The molecule has 0 aliphatic carbocycles. The number of aliphatic carboxylic acids is 1. The number of carbonyl (C=O) groups is 1. The first-order valence-corrected chi connectivity index (χ1v) is 4.90. The topological polar surface area (TPSA) is 52.6 Å². The van der Waals surface area contributed by atoms with Gasteiger partial charge in [-0.3, -0.25) is 4.79 Å². The van der Waals surface area contributed by atoms with E-state index >= 15 is 0 Å². The van der Waals surface area contributed by atoms with Crippen molar-refractivity contribution in [3.05, 3.63) is 0 Å². The molecular formula is C9H18N2O2. The highest BCUT2D eigenvalue weighted by Gasteiger charge is 2.20. The van der Waals surface area contributed by atoms with E-state index in [1.165, 1.54) is 0 Å². The largest absolute Gasteiger partial charge is 0.481 e. The molecule has 0 radical (unpaired) electrons. The predicted molar refractivity (Wildman–Crippen MR) is 50.8 cm³/mol. The van der Waals surface area contributed by atoms with Gasteiger partial charge in [-0.25, -0.2) is 0 Å². The van der Waals surface area contributed by atoms with Crippen LogP contribution in [-0.2, 0) is 4.79 Å². The van der Waals surface area contributed by atoms with Crippen LogP contribution in [0.25, 0.3) is 0 Å². The number of hydrogen-bond acceptors (Lipinski definition) is 3. The zero-order valence-electron chi connectivity index (χ0n) is 8.12. The van der Waals surface area contributed by atoms with Gasteiger partial charge in [-0.15, -0.1) is 0 Å². The minimum Gasteiger partial charge on any atom is -0.481 e. The Morgan fingerprint density at radius 2 is 2.46 bits per heavy atom. The molecule has 1 saturated heterocycles. The van der Waals surface area contributed by atoms with Gasteiger partial charge in [-0.1, -0.05) is 6.92 Å². The first-order chi connectivity index (χ1) is 6.22. The quantitative estimate of drug-likeness (QED) is 0.641. The van der Waals surface area contributed by atoms with E-state index in [1.807, 2.05) is 0 Å². The van der Waals surface area contributed by atoms with E-state index in [-0.39, 0.29) is 6.42 Å². The van der Waals surface area contributed by atoms with Crippen LogP contribution in [0, 0.1) is 0 Å². The number of hydrogen-bond donors (Lipinski definition) is 2. The van der Waals surface area contributed by atoms with Crippen LogP contribution < -0.4 is 5.32 Å². The van der Waals surface area contributed by atoms with Crippen LogP contribution in [-0.4, -0.2) is 48.2 Å². The van der Waals surface area contributed by atoms with Crippen LogP contribution in [0.2, 0.25) is 0 Å². The van der Waals surface area contributed by atoms with Crippen molar-refractivity contribution in [3.8, 4) is 0 Å². The number of likely N-dealkylation sites (tertiary alicyclic amines) is 1. The molecule has 2 N–H and O–H groups in total. The van der Waals surface area contributed by atoms with Crippen LogP contribution in [0.3, 0.4) is 0 Å². The van der Waals surface area contributed by atoms with Crippen molar-refractivity contribution in [1.29, 1.82) is 0 Å². The molecule has 76 valence electrons. The van der Waals surface area contributed by atoms with Gasteiger partial charge >= 0.3 is 5.97 Å². The van der Waals surface area contributed by atoms with E-state index in [4.69, 9.17) is 5.11 Å². The maximum absolute atomic E-state index is 10.2. The molecule has 4 nitrogen and oxygen atoms in total. The molecule has 1 fully saturated rings. The molecule has 1 aliphatic rings. The second-order valence-corrected chi connectivity index (χ2v) is 3.48. The lowest BCUT2D eigenvalue weighted by Gasteiger charge is -2.13. The van der Waals surface area contributed by atoms with Crippen molar-refractivity contribution in [1.82, 2.24) is 10.2 Å². The Kier molecular flexibility index (Phi) is 4.18. The Labute approximate surface area is 78.9 Å². The fraction of sp³-hybridized carbons (Fsp3) is 0.889. The summed E-state index contributed by atoms with van der Waals surface area (Å²) in [7, 11) is 0. The van der Waals surface area contributed by atoms with Crippen molar-refractivity contribution in [2.75, 3.05) is 26.2 Å². The summed E-state index contributed by atoms with van der Waals surface area (Å²) in [5, 5.41) is 11.7. The number of nitrogens with one attached hydrogen (secondary N) is 1. The summed E-state index contributed by atoms with van der Waals surface area (Å²) in [5.41, 5.74) is 0. The monoisotopic (exact) mass is 186 g/mol. The van der Waals surface area contributed by atoms with Crippen LogP contribution in [0.15, 0.2) is 0 Å². The molecule has 0 spiro atoms.